The Bertz CT molecular complexity index is 77.1. The predicted molar refractivity (Wildman–Crippen MR) is 33.6 cm³/mol. The normalized spacial score (nSPS) is 12.7. The largest absolute Gasteiger partial charge is 0.388 e. The summed E-state index contributed by atoms with van der Waals surface area (Å²) in [6.45, 7) is 2.98. The van der Waals surface area contributed by atoms with Crippen molar-refractivity contribution in [1.29, 1.82) is 0 Å². The van der Waals surface area contributed by atoms with Crippen LogP contribution in [-0.2, 0) is 4.52 Å². The number of hydrogen-bond acceptors (Lipinski definition) is 4. The number of hydrogen-bond donors (Lipinski definition) is 3. The van der Waals surface area contributed by atoms with Crippen molar-refractivity contribution in [2.24, 2.45) is 0 Å². The zero-order valence-corrected chi connectivity index (χ0v) is 6.30. The van der Waals surface area contributed by atoms with Gasteiger partial charge in [-0.25, -0.2) is 0 Å². The summed E-state index contributed by atoms with van der Waals surface area (Å²) in [5, 5.41) is 8.93. The topological polar surface area (TPSA) is 69.9 Å². The molecule has 0 aliphatic rings. The average molecular weight is 154 g/mol. The van der Waals surface area contributed by atoms with Gasteiger partial charge in [-0.3, -0.25) is 0 Å². The summed E-state index contributed by atoms with van der Waals surface area (Å²) < 4.78 is 4.33. The molecule has 0 unspecified atom stereocenters. The molecule has 0 aromatic carbocycles. The molecule has 0 aromatic rings. The summed E-state index contributed by atoms with van der Waals surface area (Å²) in [4.78, 5) is 16.4. The molecule has 0 spiro atoms. The molecule has 0 atom stereocenters. The average Bonchev–Trinajstić information content (AvgIpc) is 1.59. The second-order valence-electron chi connectivity index (χ2n) is 2.34. The fourth-order valence-corrected chi connectivity index (χ4v) is 0.647. The van der Waals surface area contributed by atoms with Crippen LogP contribution in [-0.4, -0.2) is 27.1 Å². The number of rotatable bonds is 3. The van der Waals surface area contributed by atoms with E-state index < -0.39 is 14.2 Å². The van der Waals surface area contributed by atoms with Crippen LogP contribution >= 0.6 is 8.60 Å². The molecule has 0 heterocycles. The van der Waals surface area contributed by atoms with Gasteiger partial charge in [-0.15, -0.1) is 0 Å². The fraction of sp³-hybridized carbons (Fsp3) is 1.00. The first-order valence-corrected chi connectivity index (χ1v) is 3.61. The van der Waals surface area contributed by atoms with Crippen molar-refractivity contribution in [1.82, 2.24) is 0 Å². The quantitative estimate of drug-likeness (QED) is 0.500. The highest BCUT2D eigenvalue weighted by Gasteiger charge is 2.14. The van der Waals surface area contributed by atoms with Crippen molar-refractivity contribution in [2.75, 3.05) is 6.61 Å². The van der Waals surface area contributed by atoms with Crippen LogP contribution in [0, 0.1) is 0 Å². The summed E-state index contributed by atoms with van der Waals surface area (Å²) >= 11 is 0. The van der Waals surface area contributed by atoms with Gasteiger partial charge >= 0.3 is 8.60 Å². The molecule has 56 valence electrons. The smallest absolute Gasteiger partial charge is 0.327 e. The van der Waals surface area contributed by atoms with Crippen LogP contribution in [0.4, 0.5) is 0 Å². The molecule has 3 N–H and O–H groups in total. The third-order valence-corrected chi connectivity index (χ3v) is 0.893. The van der Waals surface area contributed by atoms with Gasteiger partial charge in [0, 0.05) is 0 Å². The molecule has 0 aliphatic carbocycles. The molecule has 0 saturated carbocycles. The van der Waals surface area contributed by atoms with E-state index in [1.54, 1.807) is 0 Å². The maximum Gasteiger partial charge on any atom is 0.327 e. The van der Waals surface area contributed by atoms with E-state index in [-0.39, 0.29) is 6.61 Å². The van der Waals surface area contributed by atoms with Crippen LogP contribution < -0.4 is 0 Å². The van der Waals surface area contributed by atoms with Crippen molar-refractivity contribution in [2.45, 2.75) is 19.4 Å². The molecule has 0 bridgehead atoms. The van der Waals surface area contributed by atoms with E-state index in [1.165, 1.54) is 13.8 Å². The van der Waals surface area contributed by atoms with Gasteiger partial charge in [0.05, 0.1) is 12.2 Å². The first kappa shape index (κ1) is 9.27. The van der Waals surface area contributed by atoms with Crippen LogP contribution in [0.2, 0.25) is 0 Å². The molecule has 0 saturated heterocycles. The van der Waals surface area contributed by atoms with Crippen molar-refractivity contribution in [3.63, 3.8) is 0 Å². The maximum absolute atomic E-state index is 8.93. The summed E-state index contributed by atoms with van der Waals surface area (Å²) in [7, 11) is -2.32. The van der Waals surface area contributed by atoms with E-state index >= 15 is 0 Å². The Morgan fingerprint density at radius 1 is 1.44 bits per heavy atom. The highest BCUT2D eigenvalue weighted by molar-refractivity contribution is 7.39. The molecule has 4 nitrogen and oxygen atoms in total. The van der Waals surface area contributed by atoms with E-state index in [0.29, 0.717) is 0 Å². The van der Waals surface area contributed by atoms with E-state index in [9.17, 15) is 0 Å². The van der Waals surface area contributed by atoms with E-state index in [1.807, 2.05) is 0 Å². The standard InChI is InChI=1S/C4H11O4P/c1-4(2,5)3-8-9(6)7/h5-7H,3H2,1-2H3. The summed E-state index contributed by atoms with van der Waals surface area (Å²) in [6.07, 6.45) is 0. The van der Waals surface area contributed by atoms with Gasteiger partial charge in [-0.05, 0) is 13.8 Å². The maximum atomic E-state index is 8.93. The molecule has 5 heteroatoms. The minimum atomic E-state index is -2.32. The highest BCUT2D eigenvalue weighted by Crippen LogP contribution is 2.25. The van der Waals surface area contributed by atoms with Crippen LogP contribution in [0.15, 0.2) is 0 Å². The third-order valence-electron chi connectivity index (χ3n) is 0.533. The monoisotopic (exact) mass is 154 g/mol. The lowest BCUT2D eigenvalue weighted by Crippen LogP contribution is -2.24. The van der Waals surface area contributed by atoms with Gasteiger partial charge in [0.2, 0.25) is 0 Å². The van der Waals surface area contributed by atoms with Crippen molar-refractivity contribution < 1.29 is 19.4 Å². The van der Waals surface area contributed by atoms with Crippen LogP contribution in [0.25, 0.3) is 0 Å². The zero-order valence-electron chi connectivity index (χ0n) is 5.40. The van der Waals surface area contributed by atoms with Gasteiger partial charge in [0.15, 0.2) is 0 Å². The molecular weight excluding hydrogens is 143 g/mol. The molecule has 0 aromatic heterocycles. The first-order chi connectivity index (χ1) is 3.92. The predicted octanol–water partition coefficient (Wildman–Crippen LogP) is -0.0146. The van der Waals surface area contributed by atoms with Crippen molar-refractivity contribution in [3.8, 4) is 0 Å². The van der Waals surface area contributed by atoms with Crippen LogP contribution in [0.1, 0.15) is 13.8 Å². The van der Waals surface area contributed by atoms with Gasteiger partial charge in [0.25, 0.3) is 0 Å². The van der Waals surface area contributed by atoms with Crippen molar-refractivity contribution >= 4 is 8.60 Å². The third kappa shape index (κ3) is 8.27. The molecule has 0 radical (unpaired) electrons. The zero-order chi connectivity index (χ0) is 7.49. The molecule has 0 fully saturated rings. The van der Waals surface area contributed by atoms with Crippen LogP contribution in [0.5, 0.6) is 0 Å². The first-order valence-electron chi connectivity index (χ1n) is 2.45. The Balaban J connectivity index is 3.28. The van der Waals surface area contributed by atoms with Crippen molar-refractivity contribution in [3.05, 3.63) is 0 Å². The molecule has 9 heavy (non-hydrogen) atoms. The van der Waals surface area contributed by atoms with Crippen LogP contribution in [0.3, 0.4) is 0 Å². The summed E-state index contributed by atoms with van der Waals surface area (Å²) in [5.41, 5.74) is -0.994. The van der Waals surface area contributed by atoms with E-state index in [0.717, 1.165) is 0 Å². The molecule has 0 rings (SSSR count). The Kier molecular flexibility index (Phi) is 3.54. The molecule has 0 amide bonds. The van der Waals surface area contributed by atoms with Gasteiger partial charge < -0.3 is 19.4 Å². The second-order valence-corrected chi connectivity index (χ2v) is 3.10. The highest BCUT2D eigenvalue weighted by atomic mass is 31.2. The number of aliphatic hydroxyl groups is 1. The Morgan fingerprint density at radius 3 is 2.00 bits per heavy atom. The minimum Gasteiger partial charge on any atom is -0.388 e. The Hall–Kier alpha value is 0.270. The summed E-state index contributed by atoms with van der Waals surface area (Å²) in [5.74, 6) is 0. The second kappa shape index (κ2) is 3.44. The summed E-state index contributed by atoms with van der Waals surface area (Å²) in [6, 6.07) is 0. The van der Waals surface area contributed by atoms with Gasteiger partial charge in [-0.2, -0.15) is 0 Å². The fourth-order valence-electron chi connectivity index (χ4n) is 0.216. The van der Waals surface area contributed by atoms with Gasteiger partial charge in [0.1, 0.15) is 0 Å². The Morgan fingerprint density at radius 2 is 1.89 bits per heavy atom. The lowest BCUT2D eigenvalue weighted by atomic mass is 10.2. The molecular formula is C4H11O4P. The lowest BCUT2D eigenvalue weighted by Gasteiger charge is -2.16. The lowest BCUT2D eigenvalue weighted by molar-refractivity contribution is 0.0238. The SMILES string of the molecule is CC(C)(O)COP(O)O. The van der Waals surface area contributed by atoms with E-state index in [2.05, 4.69) is 4.52 Å². The van der Waals surface area contributed by atoms with Gasteiger partial charge in [-0.1, -0.05) is 0 Å². The molecule has 0 aliphatic heterocycles. The van der Waals surface area contributed by atoms with E-state index in [4.69, 9.17) is 14.9 Å². The Labute approximate surface area is 55.1 Å². The minimum absolute atomic E-state index is 0.0638.